The van der Waals surface area contributed by atoms with E-state index in [1.165, 1.54) is 25.3 Å². The molecule has 0 fully saturated rings. The van der Waals surface area contributed by atoms with Crippen LogP contribution in [0.1, 0.15) is 12.5 Å². The number of aromatic nitrogens is 1. The fourth-order valence-electron chi connectivity index (χ4n) is 2.35. The fraction of sp³-hybridized carbons (Fsp3) is 0.111. The van der Waals surface area contributed by atoms with Gasteiger partial charge in [0, 0.05) is 18.1 Å². The third-order valence-electron chi connectivity index (χ3n) is 3.41. The van der Waals surface area contributed by atoms with Crippen LogP contribution in [0.15, 0.2) is 59.3 Å². The molecule has 0 aliphatic rings. The summed E-state index contributed by atoms with van der Waals surface area (Å²) in [5, 5.41) is 4.04. The van der Waals surface area contributed by atoms with Gasteiger partial charge < -0.3 is 9.26 Å². The second-order valence-electron chi connectivity index (χ2n) is 5.02. The monoisotopic (exact) mass is 311 g/mol. The van der Waals surface area contributed by atoms with Crippen molar-refractivity contribution in [2.75, 3.05) is 0 Å². The number of ether oxygens (including phenoxy) is 1. The second kappa shape index (κ2) is 6.44. The first kappa shape index (κ1) is 15.0. The minimum Gasteiger partial charge on any atom is -0.461 e. The first-order valence-corrected chi connectivity index (χ1v) is 7.07. The molecule has 0 unspecified atom stereocenters. The van der Waals surface area contributed by atoms with Crippen molar-refractivity contribution in [3.8, 4) is 22.4 Å². The molecule has 0 saturated carbocycles. The quantitative estimate of drug-likeness (QED) is 0.677. The van der Waals surface area contributed by atoms with E-state index in [0.717, 1.165) is 11.1 Å². The Bertz CT molecular complexity index is 842. The summed E-state index contributed by atoms with van der Waals surface area (Å²) in [5.41, 5.74) is 3.51. The maximum Gasteiger partial charge on any atom is 0.302 e. The predicted octanol–water partition coefficient (Wildman–Crippen LogP) is 4.21. The summed E-state index contributed by atoms with van der Waals surface area (Å²) in [6.45, 7) is 1.50. The van der Waals surface area contributed by atoms with Crippen molar-refractivity contribution in [2.45, 2.75) is 13.5 Å². The predicted molar refractivity (Wildman–Crippen MR) is 82.8 cm³/mol. The zero-order valence-corrected chi connectivity index (χ0v) is 12.5. The number of benzene rings is 2. The minimum absolute atomic E-state index is 0.140. The van der Waals surface area contributed by atoms with Crippen molar-refractivity contribution in [3.63, 3.8) is 0 Å². The summed E-state index contributed by atoms with van der Waals surface area (Å²) in [6.07, 6.45) is 1.48. The zero-order chi connectivity index (χ0) is 16.2. The number of hydrogen-bond donors (Lipinski definition) is 0. The molecule has 0 aliphatic heterocycles. The van der Waals surface area contributed by atoms with Gasteiger partial charge in [0.15, 0.2) is 0 Å². The van der Waals surface area contributed by atoms with Crippen LogP contribution in [0.4, 0.5) is 4.39 Å². The van der Waals surface area contributed by atoms with Crippen LogP contribution in [-0.4, -0.2) is 11.1 Å². The Labute approximate surface area is 132 Å². The number of halogens is 1. The number of hydrogen-bond acceptors (Lipinski definition) is 4. The van der Waals surface area contributed by atoms with Crippen molar-refractivity contribution in [3.05, 3.63) is 66.2 Å². The highest BCUT2D eigenvalue weighted by Gasteiger charge is 2.16. The van der Waals surface area contributed by atoms with Crippen LogP contribution in [0.2, 0.25) is 0 Å². The van der Waals surface area contributed by atoms with Crippen LogP contribution < -0.4 is 0 Å². The molecule has 0 amide bonds. The molecule has 5 heteroatoms. The molecule has 23 heavy (non-hydrogen) atoms. The van der Waals surface area contributed by atoms with Gasteiger partial charge in [-0.3, -0.25) is 4.79 Å². The molecule has 1 heterocycles. The highest BCUT2D eigenvalue weighted by Crippen LogP contribution is 2.33. The van der Waals surface area contributed by atoms with E-state index in [4.69, 9.17) is 9.26 Å². The van der Waals surface area contributed by atoms with Crippen molar-refractivity contribution < 1.29 is 18.4 Å². The molecule has 1 aromatic heterocycles. The summed E-state index contributed by atoms with van der Waals surface area (Å²) in [4.78, 5) is 11.0. The van der Waals surface area contributed by atoms with E-state index in [2.05, 4.69) is 5.16 Å². The van der Waals surface area contributed by atoms with Gasteiger partial charge in [0.2, 0.25) is 0 Å². The van der Waals surface area contributed by atoms with Crippen LogP contribution in [0.5, 0.6) is 0 Å². The SMILES string of the molecule is CC(=O)OCc1ccccc1-c1nocc1-c1cccc(F)c1. The lowest BCUT2D eigenvalue weighted by Gasteiger charge is -2.09. The number of rotatable bonds is 4. The summed E-state index contributed by atoms with van der Waals surface area (Å²) in [6, 6.07) is 13.6. The average Bonchev–Trinajstić information content (AvgIpc) is 3.02. The molecule has 0 saturated heterocycles. The molecule has 0 spiro atoms. The zero-order valence-electron chi connectivity index (χ0n) is 12.5. The molecule has 0 bridgehead atoms. The van der Waals surface area contributed by atoms with E-state index in [9.17, 15) is 9.18 Å². The molecular weight excluding hydrogens is 297 g/mol. The Kier molecular flexibility index (Phi) is 4.19. The lowest BCUT2D eigenvalue weighted by Crippen LogP contribution is -2.00. The Balaban J connectivity index is 2.04. The Hall–Kier alpha value is -2.95. The van der Waals surface area contributed by atoms with Crippen molar-refractivity contribution in [2.24, 2.45) is 0 Å². The third kappa shape index (κ3) is 3.29. The molecule has 116 valence electrons. The van der Waals surface area contributed by atoms with Gasteiger partial charge in [0.25, 0.3) is 0 Å². The van der Waals surface area contributed by atoms with Crippen LogP contribution in [0.25, 0.3) is 22.4 Å². The van der Waals surface area contributed by atoms with Gasteiger partial charge in [0.1, 0.15) is 24.4 Å². The molecule has 0 atom stereocenters. The van der Waals surface area contributed by atoms with Crippen molar-refractivity contribution >= 4 is 5.97 Å². The van der Waals surface area contributed by atoms with Crippen LogP contribution in [-0.2, 0) is 16.1 Å². The van der Waals surface area contributed by atoms with Gasteiger partial charge >= 0.3 is 5.97 Å². The van der Waals surface area contributed by atoms with E-state index in [1.54, 1.807) is 12.1 Å². The van der Waals surface area contributed by atoms with Gasteiger partial charge in [-0.25, -0.2) is 4.39 Å². The van der Waals surface area contributed by atoms with E-state index in [-0.39, 0.29) is 18.4 Å². The first-order chi connectivity index (χ1) is 11.1. The summed E-state index contributed by atoms with van der Waals surface area (Å²) < 4.78 is 23.6. The molecule has 2 aromatic carbocycles. The van der Waals surface area contributed by atoms with Crippen molar-refractivity contribution in [1.82, 2.24) is 5.16 Å². The Morgan fingerprint density at radius 3 is 2.78 bits per heavy atom. The lowest BCUT2D eigenvalue weighted by molar-refractivity contribution is -0.142. The van der Waals surface area contributed by atoms with Gasteiger partial charge in [0.05, 0.1) is 0 Å². The lowest BCUT2D eigenvalue weighted by atomic mass is 9.98. The molecule has 3 aromatic rings. The van der Waals surface area contributed by atoms with E-state index < -0.39 is 0 Å². The highest BCUT2D eigenvalue weighted by atomic mass is 19.1. The van der Waals surface area contributed by atoms with Crippen LogP contribution in [0, 0.1) is 5.82 Å². The first-order valence-electron chi connectivity index (χ1n) is 7.07. The molecular formula is C18H14FNO3. The average molecular weight is 311 g/mol. The number of esters is 1. The summed E-state index contributed by atoms with van der Waals surface area (Å²) >= 11 is 0. The Morgan fingerprint density at radius 1 is 1.17 bits per heavy atom. The van der Waals surface area contributed by atoms with Crippen LogP contribution in [0.3, 0.4) is 0 Å². The third-order valence-corrected chi connectivity index (χ3v) is 3.41. The van der Waals surface area contributed by atoms with E-state index in [0.29, 0.717) is 16.8 Å². The van der Waals surface area contributed by atoms with Crippen LogP contribution >= 0.6 is 0 Å². The molecule has 3 rings (SSSR count). The number of nitrogens with zero attached hydrogens (tertiary/aromatic N) is 1. The summed E-state index contributed by atoms with van der Waals surface area (Å²) in [7, 11) is 0. The van der Waals surface area contributed by atoms with Gasteiger partial charge in [-0.1, -0.05) is 41.6 Å². The topological polar surface area (TPSA) is 52.3 Å². The maximum atomic E-state index is 13.5. The second-order valence-corrected chi connectivity index (χ2v) is 5.02. The normalized spacial score (nSPS) is 10.5. The highest BCUT2D eigenvalue weighted by molar-refractivity contribution is 5.81. The molecule has 0 aliphatic carbocycles. The smallest absolute Gasteiger partial charge is 0.302 e. The van der Waals surface area contributed by atoms with Crippen molar-refractivity contribution in [1.29, 1.82) is 0 Å². The fourth-order valence-corrected chi connectivity index (χ4v) is 2.35. The van der Waals surface area contributed by atoms with E-state index >= 15 is 0 Å². The number of carbonyl (C=O) groups excluding carboxylic acids is 1. The molecule has 0 N–H and O–H groups in total. The van der Waals surface area contributed by atoms with E-state index in [1.807, 2.05) is 24.3 Å². The standard InChI is InChI=1S/C18H14FNO3/c1-12(21)22-10-14-5-2-3-8-16(14)18-17(11-23-20-18)13-6-4-7-15(19)9-13/h2-9,11H,10H2,1H3. The molecule has 4 nitrogen and oxygen atoms in total. The maximum absolute atomic E-state index is 13.5. The number of carbonyl (C=O) groups is 1. The Morgan fingerprint density at radius 2 is 2.00 bits per heavy atom. The molecule has 0 radical (unpaired) electrons. The summed E-state index contributed by atoms with van der Waals surface area (Å²) in [5.74, 6) is -0.687. The largest absolute Gasteiger partial charge is 0.461 e. The van der Waals surface area contributed by atoms with Gasteiger partial charge in [-0.05, 0) is 23.3 Å². The minimum atomic E-state index is -0.356. The van der Waals surface area contributed by atoms with Gasteiger partial charge in [-0.2, -0.15) is 0 Å². The van der Waals surface area contributed by atoms with Gasteiger partial charge in [-0.15, -0.1) is 0 Å².